The van der Waals surface area contributed by atoms with Crippen LogP contribution in [-0.4, -0.2) is 22.9 Å². The maximum Gasteiger partial charge on any atom is 0.240 e. The standard InChI is InChI=1S/C20H18F2N2O2/c1-14(26)24-20(10-5-11-25,15-6-3-2-4-7-15)13-19(23-24)17-12-16(21)8-9-18(17)22/h2-4,6-9,11-12H,5,10,13H2,1H3/t20-/m0/s1. The first kappa shape index (κ1) is 17.9. The SMILES string of the molecule is CC(=O)N1N=C(c2cc(F)ccc2F)C[C@@]1(CCC=O)c1ccccc1. The molecule has 6 heteroatoms. The van der Waals surface area contributed by atoms with E-state index in [-0.39, 0.29) is 30.0 Å². The van der Waals surface area contributed by atoms with Gasteiger partial charge in [0.05, 0.1) is 11.3 Å². The van der Waals surface area contributed by atoms with Gasteiger partial charge in [-0.05, 0) is 30.2 Å². The topological polar surface area (TPSA) is 49.7 Å². The number of carbonyl (C=O) groups is 2. The third-order valence-corrected chi connectivity index (χ3v) is 4.61. The van der Waals surface area contributed by atoms with Crippen LogP contribution < -0.4 is 0 Å². The second-order valence-corrected chi connectivity index (χ2v) is 6.28. The molecule has 0 aliphatic carbocycles. The number of halogens is 2. The summed E-state index contributed by atoms with van der Waals surface area (Å²) in [5.74, 6) is -1.51. The molecule has 0 bridgehead atoms. The summed E-state index contributed by atoms with van der Waals surface area (Å²) in [5.41, 5.74) is 0.210. The van der Waals surface area contributed by atoms with Crippen LogP contribution in [0.5, 0.6) is 0 Å². The summed E-state index contributed by atoms with van der Waals surface area (Å²) in [4.78, 5) is 23.3. The summed E-state index contributed by atoms with van der Waals surface area (Å²) in [6, 6.07) is 12.4. The Labute approximate surface area is 150 Å². The van der Waals surface area contributed by atoms with Gasteiger partial charge in [-0.2, -0.15) is 5.10 Å². The van der Waals surface area contributed by atoms with Gasteiger partial charge in [-0.3, -0.25) is 4.79 Å². The van der Waals surface area contributed by atoms with Crippen LogP contribution in [0.1, 0.15) is 37.3 Å². The fraction of sp³-hybridized carbons (Fsp3) is 0.250. The maximum absolute atomic E-state index is 14.2. The van der Waals surface area contributed by atoms with E-state index in [1.165, 1.54) is 11.9 Å². The highest BCUT2D eigenvalue weighted by Gasteiger charge is 2.46. The summed E-state index contributed by atoms with van der Waals surface area (Å²) in [7, 11) is 0. The van der Waals surface area contributed by atoms with Crippen molar-refractivity contribution in [3.63, 3.8) is 0 Å². The molecule has 1 aliphatic rings. The van der Waals surface area contributed by atoms with Gasteiger partial charge in [0, 0.05) is 25.3 Å². The fourth-order valence-corrected chi connectivity index (χ4v) is 3.45. The first-order chi connectivity index (χ1) is 12.5. The van der Waals surface area contributed by atoms with Crippen molar-refractivity contribution in [1.29, 1.82) is 0 Å². The van der Waals surface area contributed by atoms with Crippen molar-refractivity contribution in [3.05, 3.63) is 71.3 Å². The maximum atomic E-state index is 14.2. The Bertz CT molecular complexity index is 867. The van der Waals surface area contributed by atoms with Gasteiger partial charge in [-0.15, -0.1) is 0 Å². The number of aldehydes is 1. The van der Waals surface area contributed by atoms with Crippen LogP contribution in [0.4, 0.5) is 8.78 Å². The van der Waals surface area contributed by atoms with E-state index in [9.17, 15) is 18.4 Å². The molecule has 0 fully saturated rings. The van der Waals surface area contributed by atoms with Crippen molar-refractivity contribution in [1.82, 2.24) is 5.01 Å². The predicted molar refractivity (Wildman–Crippen MR) is 93.5 cm³/mol. The zero-order valence-corrected chi connectivity index (χ0v) is 14.3. The molecule has 0 spiro atoms. The zero-order chi connectivity index (χ0) is 18.7. The van der Waals surface area contributed by atoms with Crippen molar-refractivity contribution in [2.24, 2.45) is 5.10 Å². The summed E-state index contributed by atoms with van der Waals surface area (Å²) < 4.78 is 27.9. The van der Waals surface area contributed by atoms with Gasteiger partial charge in [0.1, 0.15) is 17.9 Å². The minimum absolute atomic E-state index is 0.0279. The molecule has 134 valence electrons. The number of benzene rings is 2. The molecule has 0 saturated carbocycles. The molecule has 4 nitrogen and oxygen atoms in total. The predicted octanol–water partition coefficient (Wildman–Crippen LogP) is 3.80. The van der Waals surface area contributed by atoms with Gasteiger partial charge < -0.3 is 4.79 Å². The molecule has 1 heterocycles. The first-order valence-electron chi connectivity index (χ1n) is 8.31. The van der Waals surface area contributed by atoms with E-state index in [2.05, 4.69) is 5.10 Å². The Morgan fingerprint density at radius 3 is 2.62 bits per heavy atom. The zero-order valence-electron chi connectivity index (χ0n) is 14.3. The number of hydrogen-bond acceptors (Lipinski definition) is 3. The average molecular weight is 356 g/mol. The van der Waals surface area contributed by atoms with Crippen LogP contribution in [0.15, 0.2) is 53.6 Å². The Morgan fingerprint density at radius 1 is 1.23 bits per heavy atom. The minimum atomic E-state index is -0.901. The molecule has 0 saturated heterocycles. The average Bonchev–Trinajstić information content (AvgIpc) is 3.04. The van der Waals surface area contributed by atoms with Gasteiger partial charge in [-0.25, -0.2) is 13.8 Å². The van der Waals surface area contributed by atoms with Crippen LogP contribution in [0, 0.1) is 11.6 Å². The van der Waals surface area contributed by atoms with E-state index in [1.807, 2.05) is 30.3 Å². The van der Waals surface area contributed by atoms with Gasteiger partial charge in [-0.1, -0.05) is 30.3 Å². The molecular weight excluding hydrogens is 338 g/mol. The van der Waals surface area contributed by atoms with Gasteiger partial charge in [0.25, 0.3) is 0 Å². The number of amides is 1. The molecule has 1 amide bonds. The summed E-state index contributed by atoms with van der Waals surface area (Å²) in [5, 5.41) is 5.62. The molecule has 1 atom stereocenters. The van der Waals surface area contributed by atoms with Crippen LogP contribution in [0.25, 0.3) is 0 Å². The Balaban J connectivity index is 2.12. The third kappa shape index (κ3) is 3.14. The molecule has 1 aliphatic heterocycles. The lowest BCUT2D eigenvalue weighted by Gasteiger charge is -2.36. The Kier molecular flexibility index (Phi) is 4.93. The molecule has 0 N–H and O–H groups in total. The smallest absolute Gasteiger partial charge is 0.240 e. The first-order valence-corrected chi connectivity index (χ1v) is 8.31. The number of rotatable bonds is 5. The van der Waals surface area contributed by atoms with Crippen molar-refractivity contribution in [2.45, 2.75) is 31.7 Å². The Morgan fingerprint density at radius 2 is 1.96 bits per heavy atom. The van der Waals surface area contributed by atoms with E-state index in [4.69, 9.17) is 0 Å². The highest BCUT2D eigenvalue weighted by Crippen LogP contribution is 2.43. The lowest BCUT2D eigenvalue weighted by atomic mass is 9.80. The molecule has 3 rings (SSSR count). The number of carbonyl (C=O) groups excluding carboxylic acids is 2. The van der Waals surface area contributed by atoms with Crippen LogP contribution in [0.3, 0.4) is 0 Å². The molecule has 0 unspecified atom stereocenters. The van der Waals surface area contributed by atoms with Gasteiger partial charge in [0.2, 0.25) is 5.91 Å². The summed E-state index contributed by atoms with van der Waals surface area (Å²) in [6.07, 6.45) is 1.53. The van der Waals surface area contributed by atoms with E-state index in [1.54, 1.807) is 0 Å². The number of nitrogens with zero attached hydrogens (tertiary/aromatic N) is 2. The molecular formula is C20H18F2N2O2. The highest BCUT2D eigenvalue weighted by atomic mass is 19.1. The minimum Gasteiger partial charge on any atom is -0.303 e. The van der Waals surface area contributed by atoms with Crippen LogP contribution in [0.2, 0.25) is 0 Å². The lowest BCUT2D eigenvalue weighted by Crippen LogP contribution is -2.42. The van der Waals surface area contributed by atoms with E-state index >= 15 is 0 Å². The fourth-order valence-electron chi connectivity index (χ4n) is 3.45. The van der Waals surface area contributed by atoms with Crippen molar-refractivity contribution in [2.75, 3.05) is 0 Å². The summed E-state index contributed by atoms with van der Waals surface area (Å²) >= 11 is 0. The van der Waals surface area contributed by atoms with Crippen molar-refractivity contribution >= 4 is 17.9 Å². The largest absolute Gasteiger partial charge is 0.303 e. The highest BCUT2D eigenvalue weighted by molar-refractivity contribution is 6.04. The number of hydrazone groups is 1. The molecule has 0 aromatic heterocycles. The van der Waals surface area contributed by atoms with Gasteiger partial charge >= 0.3 is 0 Å². The third-order valence-electron chi connectivity index (χ3n) is 4.61. The second-order valence-electron chi connectivity index (χ2n) is 6.28. The normalized spacial score (nSPS) is 19.3. The Hall–Kier alpha value is -2.89. The molecule has 26 heavy (non-hydrogen) atoms. The van der Waals surface area contributed by atoms with Crippen LogP contribution in [-0.2, 0) is 15.1 Å². The van der Waals surface area contributed by atoms with Crippen molar-refractivity contribution < 1.29 is 18.4 Å². The monoisotopic (exact) mass is 356 g/mol. The summed E-state index contributed by atoms with van der Waals surface area (Å²) in [6.45, 7) is 1.37. The van der Waals surface area contributed by atoms with Crippen LogP contribution >= 0.6 is 0 Å². The molecule has 2 aromatic rings. The number of hydrogen-bond donors (Lipinski definition) is 0. The second kappa shape index (κ2) is 7.15. The van der Waals surface area contributed by atoms with E-state index in [0.717, 1.165) is 30.0 Å². The quantitative estimate of drug-likeness (QED) is 0.765. The van der Waals surface area contributed by atoms with E-state index in [0.29, 0.717) is 6.42 Å². The van der Waals surface area contributed by atoms with Crippen molar-refractivity contribution in [3.8, 4) is 0 Å². The molecule has 2 aromatic carbocycles. The molecule has 0 radical (unpaired) electrons. The van der Waals surface area contributed by atoms with E-state index < -0.39 is 17.2 Å². The van der Waals surface area contributed by atoms with Gasteiger partial charge in [0.15, 0.2) is 0 Å². The lowest BCUT2D eigenvalue weighted by molar-refractivity contribution is -0.135.